The predicted octanol–water partition coefficient (Wildman–Crippen LogP) is 5.22. The molecular weight excluding hydrogens is 340 g/mol. The van der Waals surface area contributed by atoms with Gasteiger partial charge in [0.15, 0.2) is 0 Å². The van der Waals surface area contributed by atoms with E-state index < -0.39 is 0 Å². The van der Waals surface area contributed by atoms with Gasteiger partial charge in [0.1, 0.15) is 0 Å². The first kappa shape index (κ1) is 19.1. The molecule has 1 aliphatic heterocycles. The van der Waals surface area contributed by atoms with Gasteiger partial charge >= 0.3 is 0 Å². The highest BCUT2D eigenvalue weighted by Gasteiger charge is 2.70. The molecule has 154 valence electrons. The molecule has 2 heteroatoms. The van der Waals surface area contributed by atoms with Gasteiger partial charge in [0.05, 0.1) is 0 Å². The smallest absolute Gasteiger partial charge is 0.0115 e. The molecule has 4 aliphatic rings. The molecule has 2 nitrogen and oxygen atoms in total. The van der Waals surface area contributed by atoms with Crippen molar-refractivity contribution in [3.05, 3.63) is 35.9 Å². The molecule has 5 rings (SSSR count). The molecule has 1 aromatic rings. The van der Waals surface area contributed by atoms with Crippen LogP contribution in [0.1, 0.15) is 71.8 Å². The third-order valence-electron chi connectivity index (χ3n) is 9.45. The van der Waals surface area contributed by atoms with E-state index in [0.29, 0.717) is 22.3 Å². The molecule has 3 aliphatic carbocycles. The van der Waals surface area contributed by atoms with Crippen LogP contribution in [0.5, 0.6) is 0 Å². The van der Waals surface area contributed by atoms with Gasteiger partial charge in [-0.2, -0.15) is 0 Å². The SMILES string of the molecule is CC1CC2(CN3CCC(N)C(C)(C)C3)CC3[C@](C)(C1)C[C@@]3(c1ccccc1)C2. The molecule has 0 spiro atoms. The lowest BCUT2D eigenvalue weighted by Gasteiger charge is -2.61. The van der Waals surface area contributed by atoms with Crippen molar-refractivity contribution >= 4 is 0 Å². The third-order valence-corrected chi connectivity index (χ3v) is 9.45. The van der Waals surface area contributed by atoms with Gasteiger partial charge in [0, 0.05) is 19.1 Å². The Morgan fingerprint density at radius 3 is 2.50 bits per heavy atom. The van der Waals surface area contributed by atoms with E-state index in [1.54, 1.807) is 5.56 Å². The number of hydrogen-bond donors (Lipinski definition) is 1. The largest absolute Gasteiger partial charge is 0.327 e. The van der Waals surface area contributed by atoms with Crippen LogP contribution in [0.2, 0.25) is 0 Å². The number of nitrogens with two attached hydrogens (primary N) is 1. The second kappa shape index (κ2) is 6.08. The molecule has 3 saturated carbocycles. The molecule has 1 aromatic carbocycles. The quantitative estimate of drug-likeness (QED) is 0.779. The fourth-order valence-electron chi connectivity index (χ4n) is 8.74. The minimum Gasteiger partial charge on any atom is -0.327 e. The molecular formula is C26H40N2. The van der Waals surface area contributed by atoms with E-state index in [9.17, 15) is 0 Å². The summed E-state index contributed by atoms with van der Waals surface area (Å²) in [6.45, 7) is 13.6. The summed E-state index contributed by atoms with van der Waals surface area (Å²) < 4.78 is 0. The second-order valence-electron chi connectivity index (χ2n) is 12.4. The maximum absolute atomic E-state index is 6.45. The lowest BCUT2D eigenvalue weighted by Crippen LogP contribution is -2.56. The Morgan fingerprint density at radius 2 is 1.79 bits per heavy atom. The first-order valence-corrected chi connectivity index (χ1v) is 11.7. The van der Waals surface area contributed by atoms with E-state index in [-0.39, 0.29) is 5.41 Å². The Kier molecular flexibility index (Phi) is 4.15. The van der Waals surface area contributed by atoms with Crippen LogP contribution in [-0.4, -0.2) is 30.6 Å². The number of piperidine rings is 1. The van der Waals surface area contributed by atoms with Crippen molar-refractivity contribution in [3.63, 3.8) is 0 Å². The van der Waals surface area contributed by atoms with Gasteiger partial charge < -0.3 is 10.6 Å². The first-order chi connectivity index (χ1) is 13.2. The van der Waals surface area contributed by atoms with Crippen LogP contribution in [-0.2, 0) is 5.41 Å². The van der Waals surface area contributed by atoms with Crippen molar-refractivity contribution in [3.8, 4) is 0 Å². The van der Waals surface area contributed by atoms with Gasteiger partial charge in [-0.1, -0.05) is 58.0 Å². The monoisotopic (exact) mass is 380 g/mol. The molecule has 1 heterocycles. The zero-order valence-electron chi connectivity index (χ0n) is 18.5. The van der Waals surface area contributed by atoms with Crippen LogP contribution < -0.4 is 5.73 Å². The Hall–Kier alpha value is -0.860. The molecule has 0 aromatic heterocycles. The number of likely N-dealkylation sites (tertiary alicyclic amines) is 1. The maximum Gasteiger partial charge on any atom is 0.0115 e. The van der Waals surface area contributed by atoms with Crippen molar-refractivity contribution in [2.45, 2.75) is 77.7 Å². The topological polar surface area (TPSA) is 29.3 Å². The summed E-state index contributed by atoms with van der Waals surface area (Å²) in [5.41, 5.74) is 9.85. The Morgan fingerprint density at radius 1 is 1.04 bits per heavy atom. The van der Waals surface area contributed by atoms with Gasteiger partial charge in [0.25, 0.3) is 0 Å². The number of nitrogens with zero attached hydrogens (tertiary/aromatic N) is 1. The molecule has 6 atom stereocenters. The summed E-state index contributed by atoms with van der Waals surface area (Å²) in [5, 5.41) is 0. The van der Waals surface area contributed by atoms with E-state index in [0.717, 1.165) is 18.3 Å². The minimum absolute atomic E-state index is 0.244. The van der Waals surface area contributed by atoms with Crippen molar-refractivity contribution in [2.75, 3.05) is 19.6 Å². The maximum atomic E-state index is 6.45. The summed E-state index contributed by atoms with van der Waals surface area (Å²) in [4.78, 5) is 2.79. The van der Waals surface area contributed by atoms with E-state index >= 15 is 0 Å². The number of hydrogen-bond acceptors (Lipinski definition) is 2. The number of rotatable bonds is 3. The molecule has 2 N–H and O–H groups in total. The van der Waals surface area contributed by atoms with Gasteiger partial charge in [0.2, 0.25) is 0 Å². The van der Waals surface area contributed by atoms with Gasteiger partial charge in [-0.15, -0.1) is 0 Å². The molecule has 1 saturated heterocycles. The van der Waals surface area contributed by atoms with Crippen LogP contribution >= 0.6 is 0 Å². The highest BCUT2D eigenvalue weighted by Crippen LogP contribution is 2.76. The molecule has 0 radical (unpaired) electrons. The highest BCUT2D eigenvalue weighted by atomic mass is 15.2. The summed E-state index contributed by atoms with van der Waals surface area (Å²) in [5.74, 6) is 1.75. The second-order valence-corrected chi connectivity index (χ2v) is 12.4. The van der Waals surface area contributed by atoms with E-state index in [1.807, 2.05) is 0 Å². The summed E-state index contributed by atoms with van der Waals surface area (Å²) >= 11 is 0. The molecule has 28 heavy (non-hydrogen) atoms. The summed E-state index contributed by atoms with van der Waals surface area (Å²) in [7, 11) is 0. The molecule has 2 bridgehead atoms. The highest BCUT2D eigenvalue weighted by molar-refractivity contribution is 5.37. The van der Waals surface area contributed by atoms with Gasteiger partial charge in [-0.05, 0) is 84.1 Å². The van der Waals surface area contributed by atoms with Crippen LogP contribution in [0.4, 0.5) is 0 Å². The molecule has 0 amide bonds. The lowest BCUT2D eigenvalue weighted by molar-refractivity contribution is -0.0562. The Labute approximate surface area is 172 Å². The van der Waals surface area contributed by atoms with Crippen molar-refractivity contribution in [2.24, 2.45) is 33.8 Å². The fourth-order valence-corrected chi connectivity index (χ4v) is 8.74. The molecule has 4 fully saturated rings. The summed E-state index contributed by atoms with van der Waals surface area (Å²) in [6.07, 6.45) is 8.30. The normalized spacial score (nSPS) is 47.4. The van der Waals surface area contributed by atoms with Crippen LogP contribution in [0, 0.1) is 28.1 Å². The summed E-state index contributed by atoms with van der Waals surface area (Å²) in [6, 6.07) is 11.9. The zero-order valence-corrected chi connectivity index (χ0v) is 18.5. The number of benzene rings is 1. The molecule has 4 unspecified atom stereocenters. The van der Waals surface area contributed by atoms with E-state index in [4.69, 9.17) is 5.73 Å². The Bertz CT molecular complexity index is 742. The van der Waals surface area contributed by atoms with Crippen molar-refractivity contribution in [1.29, 1.82) is 0 Å². The van der Waals surface area contributed by atoms with Crippen LogP contribution in [0.15, 0.2) is 30.3 Å². The van der Waals surface area contributed by atoms with Crippen LogP contribution in [0.25, 0.3) is 0 Å². The average Bonchev–Trinajstić information content (AvgIpc) is 2.84. The average molecular weight is 381 g/mol. The van der Waals surface area contributed by atoms with Crippen molar-refractivity contribution in [1.82, 2.24) is 4.90 Å². The van der Waals surface area contributed by atoms with Crippen molar-refractivity contribution < 1.29 is 0 Å². The van der Waals surface area contributed by atoms with E-state index in [1.165, 1.54) is 51.7 Å². The Balaban J connectivity index is 1.46. The number of fused-ring (bicyclic) bond motifs is 1. The first-order valence-electron chi connectivity index (χ1n) is 11.7. The third kappa shape index (κ3) is 2.74. The fraction of sp³-hybridized carbons (Fsp3) is 0.769. The minimum atomic E-state index is 0.244. The van der Waals surface area contributed by atoms with Gasteiger partial charge in [-0.3, -0.25) is 0 Å². The standard InChI is InChI=1S/C26H40N2/c1-19-12-24(4)15-26(20-8-6-5-7-9-20)16-25(13-19,14-21(24)26)18-28-11-10-22(27)23(2,3)17-28/h5-9,19,21-22H,10-18,27H2,1-4H3/t19?,21?,22?,24-,25?,26+/m1/s1. The predicted molar refractivity (Wildman–Crippen MR) is 117 cm³/mol. The zero-order chi connectivity index (χ0) is 19.8. The van der Waals surface area contributed by atoms with Crippen LogP contribution in [0.3, 0.4) is 0 Å². The van der Waals surface area contributed by atoms with Gasteiger partial charge in [-0.25, -0.2) is 0 Å². The lowest BCUT2D eigenvalue weighted by atomic mass is 9.43. The van der Waals surface area contributed by atoms with E-state index in [2.05, 4.69) is 62.9 Å².